The van der Waals surface area contributed by atoms with E-state index in [2.05, 4.69) is 51.7 Å². The Kier molecular flexibility index (Phi) is 8.77. The largest absolute Gasteiger partial charge is 0.382 e. The van der Waals surface area contributed by atoms with Crippen LogP contribution in [0, 0.1) is 6.92 Å². The summed E-state index contributed by atoms with van der Waals surface area (Å²) in [7, 11) is 1.83. The summed E-state index contributed by atoms with van der Waals surface area (Å²) in [6.45, 7) is 9.84. The predicted octanol–water partition coefficient (Wildman–Crippen LogP) is 2.72. The van der Waals surface area contributed by atoms with Gasteiger partial charge in [0.05, 0.1) is 6.04 Å². The van der Waals surface area contributed by atoms with Crippen LogP contribution in [0.25, 0.3) is 0 Å². The molecule has 0 radical (unpaired) electrons. The molecule has 1 saturated heterocycles. The first-order valence-electron chi connectivity index (χ1n) is 9.57. The van der Waals surface area contributed by atoms with Crippen molar-refractivity contribution in [2.24, 2.45) is 4.99 Å². The smallest absolute Gasteiger partial charge is 0.191 e. The number of nitrogens with zero attached hydrogens (tertiary/aromatic N) is 2. The van der Waals surface area contributed by atoms with Gasteiger partial charge >= 0.3 is 0 Å². The van der Waals surface area contributed by atoms with E-state index in [1.165, 1.54) is 37.1 Å². The molecule has 25 heavy (non-hydrogen) atoms. The van der Waals surface area contributed by atoms with Gasteiger partial charge in [0.15, 0.2) is 5.96 Å². The summed E-state index contributed by atoms with van der Waals surface area (Å²) in [4.78, 5) is 6.93. The molecule has 2 rings (SSSR count). The topological polar surface area (TPSA) is 48.9 Å². The molecule has 5 nitrogen and oxygen atoms in total. The molecule has 1 aromatic rings. The van der Waals surface area contributed by atoms with Crippen LogP contribution in [0.4, 0.5) is 0 Å². The molecule has 5 heteroatoms. The van der Waals surface area contributed by atoms with Crippen molar-refractivity contribution in [1.29, 1.82) is 0 Å². The van der Waals surface area contributed by atoms with E-state index in [-0.39, 0.29) is 0 Å². The summed E-state index contributed by atoms with van der Waals surface area (Å²) in [6.07, 6.45) is 3.58. The molecule has 0 bridgehead atoms. The molecule has 0 aromatic heterocycles. The third-order valence-corrected chi connectivity index (χ3v) is 4.69. The summed E-state index contributed by atoms with van der Waals surface area (Å²) >= 11 is 0. The first kappa shape index (κ1) is 19.7. The minimum atomic E-state index is 0.394. The summed E-state index contributed by atoms with van der Waals surface area (Å²) < 4.78 is 5.38. The Morgan fingerprint density at radius 1 is 1.20 bits per heavy atom. The Labute approximate surface area is 152 Å². The van der Waals surface area contributed by atoms with Crippen LogP contribution in [0.15, 0.2) is 29.3 Å². The van der Waals surface area contributed by atoms with E-state index in [1.54, 1.807) is 0 Å². The van der Waals surface area contributed by atoms with Crippen LogP contribution >= 0.6 is 0 Å². The highest BCUT2D eigenvalue weighted by Gasteiger charge is 2.23. The van der Waals surface area contributed by atoms with Crippen molar-refractivity contribution in [2.75, 3.05) is 46.4 Å². The second-order valence-corrected chi connectivity index (χ2v) is 6.60. The van der Waals surface area contributed by atoms with Crippen molar-refractivity contribution in [2.45, 2.75) is 39.2 Å². The van der Waals surface area contributed by atoms with Gasteiger partial charge in [0.2, 0.25) is 0 Å². The molecule has 0 amide bonds. The second kappa shape index (κ2) is 11.1. The van der Waals surface area contributed by atoms with Crippen LogP contribution in [0.2, 0.25) is 0 Å². The van der Waals surface area contributed by atoms with Crippen LogP contribution in [-0.4, -0.2) is 57.3 Å². The molecule has 1 atom stereocenters. The molecule has 1 heterocycles. The molecule has 0 aliphatic carbocycles. The number of guanidine groups is 1. The zero-order valence-electron chi connectivity index (χ0n) is 16.1. The van der Waals surface area contributed by atoms with Crippen molar-refractivity contribution in [3.8, 4) is 0 Å². The number of hydrogen-bond acceptors (Lipinski definition) is 3. The monoisotopic (exact) mass is 346 g/mol. The summed E-state index contributed by atoms with van der Waals surface area (Å²) in [5.74, 6) is 0.868. The van der Waals surface area contributed by atoms with Gasteiger partial charge in [0.1, 0.15) is 0 Å². The molecule has 0 spiro atoms. The Hall–Kier alpha value is -1.59. The van der Waals surface area contributed by atoms with Gasteiger partial charge in [-0.3, -0.25) is 9.89 Å². The predicted molar refractivity (Wildman–Crippen MR) is 105 cm³/mol. The number of ether oxygens (including phenoxy) is 1. The first-order valence-corrected chi connectivity index (χ1v) is 9.57. The van der Waals surface area contributed by atoms with E-state index in [1.807, 2.05) is 14.0 Å². The van der Waals surface area contributed by atoms with Crippen molar-refractivity contribution in [1.82, 2.24) is 15.5 Å². The quantitative estimate of drug-likeness (QED) is 0.410. The van der Waals surface area contributed by atoms with Crippen LogP contribution in [0.3, 0.4) is 0 Å². The van der Waals surface area contributed by atoms with Gasteiger partial charge in [0, 0.05) is 33.4 Å². The van der Waals surface area contributed by atoms with Gasteiger partial charge < -0.3 is 15.4 Å². The second-order valence-electron chi connectivity index (χ2n) is 6.60. The van der Waals surface area contributed by atoms with E-state index >= 15 is 0 Å². The molecule has 1 aliphatic heterocycles. The number of benzene rings is 1. The normalized spacial score (nSPS) is 16.8. The maximum Gasteiger partial charge on any atom is 0.191 e. The summed E-state index contributed by atoms with van der Waals surface area (Å²) in [5, 5.41) is 6.88. The lowest BCUT2D eigenvalue weighted by molar-refractivity contribution is 0.145. The third-order valence-electron chi connectivity index (χ3n) is 4.69. The number of hydrogen-bond donors (Lipinski definition) is 2. The van der Waals surface area contributed by atoms with E-state index < -0.39 is 0 Å². The average molecular weight is 347 g/mol. The lowest BCUT2D eigenvalue weighted by Crippen LogP contribution is -2.43. The molecule has 1 fully saturated rings. The standard InChI is InChI=1S/C20H34N4O/c1-4-25-15-7-12-22-20(21-3)23-16-19(24-13-5-6-14-24)18-10-8-17(2)9-11-18/h8-11,19H,4-7,12-16H2,1-3H3,(H2,21,22,23). The van der Waals surface area contributed by atoms with Crippen molar-refractivity contribution in [3.63, 3.8) is 0 Å². The zero-order chi connectivity index (χ0) is 17.9. The maximum absolute atomic E-state index is 5.38. The maximum atomic E-state index is 5.38. The molecule has 140 valence electrons. The fourth-order valence-electron chi connectivity index (χ4n) is 3.24. The summed E-state index contributed by atoms with van der Waals surface area (Å²) in [6, 6.07) is 9.33. The number of likely N-dealkylation sites (tertiary alicyclic amines) is 1. The summed E-state index contributed by atoms with van der Waals surface area (Å²) in [5.41, 5.74) is 2.69. The number of nitrogens with one attached hydrogen (secondary N) is 2. The minimum Gasteiger partial charge on any atom is -0.382 e. The van der Waals surface area contributed by atoms with Gasteiger partial charge in [-0.2, -0.15) is 0 Å². The van der Waals surface area contributed by atoms with Crippen molar-refractivity contribution in [3.05, 3.63) is 35.4 Å². The van der Waals surface area contributed by atoms with E-state index in [0.29, 0.717) is 6.04 Å². The van der Waals surface area contributed by atoms with Gasteiger partial charge in [-0.25, -0.2) is 0 Å². The van der Waals surface area contributed by atoms with Crippen molar-refractivity contribution >= 4 is 5.96 Å². The Morgan fingerprint density at radius 2 is 1.92 bits per heavy atom. The van der Waals surface area contributed by atoms with Gasteiger partial charge in [-0.15, -0.1) is 0 Å². The van der Waals surface area contributed by atoms with E-state index in [4.69, 9.17) is 4.74 Å². The van der Waals surface area contributed by atoms with Crippen LogP contribution < -0.4 is 10.6 Å². The highest BCUT2D eigenvalue weighted by molar-refractivity contribution is 5.79. The molecular weight excluding hydrogens is 312 g/mol. The van der Waals surface area contributed by atoms with Crippen molar-refractivity contribution < 1.29 is 4.74 Å². The molecule has 2 N–H and O–H groups in total. The van der Waals surface area contributed by atoms with E-state index in [9.17, 15) is 0 Å². The lowest BCUT2D eigenvalue weighted by Gasteiger charge is -2.29. The van der Waals surface area contributed by atoms with E-state index in [0.717, 1.165) is 38.7 Å². The van der Waals surface area contributed by atoms with Gasteiger partial charge in [0.25, 0.3) is 0 Å². The molecule has 1 aliphatic rings. The lowest BCUT2D eigenvalue weighted by atomic mass is 10.0. The van der Waals surface area contributed by atoms with Crippen LogP contribution in [-0.2, 0) is 4.74 Å². The minimum absolute atomic E-state index is 0.394. The van der Waals surface area contributed by atoms with Crippen LogP contribution in [0.5, 0.6) is 0 Å². The molecule has 1 aromatic carbocycles. The highest BCUT2D eigenvalue weighted by Crippen LogP contribution is 2.24. The Bertz CT molecular complexity index is 509. The molecule has 0 saturated carbocycles. The first-order chi connectivity index (χ1) is 12.2. The van der Waals surface area contributed by atoms with Gasteiger partial charge in [-0.1, -0.05) is 29.8 Å². The number of aliphatic imine (C=N–C) groups is 1. The van der Waals surface area contributed by atoms with Gasteiger partial charge in [-0.05, 0) is 51.8 Å². The number of rotatable bonds is 9. The SMILES string of the molecule is CCOCCCNC(=NC)NCC(c1ccc(C)cc1)N1CCCC1. The molecule has 1 unspecified atom stereocenters. The fourth-order valence-corrected chi connectivity index (χ4v) is 3.24. The van der Waals surface area contributed by atoms with Crippen LogP contribution in [0.1, 0.15) is 43.4 Å². The zero-order valence-corrected chi connectivity index (χ0v) is 16.1. The number of aryl methyl sites for hydroxylation is 1. The fraction of sp³-hybridized carbons (Fsp3) is 0.650. The Balaban J connectivity index is 1.88. The average Bonchev–Trinajstić information content (AvgIpc) is 3.15. The third kappa shape index (κ3) is 6.67. The Morgan fingerprint density at radius 3 is 2.56 bits per heavy atom. The highest BCUT2D eigenvalue weighted by atomic mass is 16.5. The molecular formula is C20H34N4O.